The zero-order valence-electron chi connectivity index (χ0n) is 23.6. The van der Waals surface area contributed by atoms with E-state index in [0.717, 1.165) is 22.3 Å². The third-order valence-electron chi connectivity index (χ3n) is 6.48. The summed E-state index contributed by atoms with van der Waals surface area (Å²) in [6, 6.07) is 22.1. The lowest BCUT2D eigenvalue weighted by Gasteiger charge is -2.23. The van der Waals surface area contributed by atoms with Crippen LogP contribution in [0.15, 0.2) is 78.9 Å². The van der Waals surface area contributed by atoms with E-state index in [1.807, 2.05) is 92.7 Å². The number of hydrogen-bond acceptors (Lipinski definition) is 4. The number of Topliss-reactive ketones (excluding diaryl/α,β-unsaturated/α-hetero) is 1. The molecule has 0 heterocycles. The summed E-state index contributed by atoms with van der Waals surface area (Å²) < 4.78 is 0. The minimum Gasteiger partial charge on any atom is -0.345 e. The third kappa shape index (κ3) is 9.76. The molecule has 9 heteroatoms. The van der Waals surface area contributed by atoms with Crippen molar-refractivity contribution in [1.82, 2.24) is 21.3 Å². The van der Waals surface area contributed by atoms with Crippen molar-refractivity contribution in [3.8, 4) is 11.1 Å². The Morgan fingerprint density at radius 1 is 0.732 bits per heavy atom. The number of benzene rings is 3. The quantitative estimate of drug-likeness (QED) is 0.214. The molecule has 8 nitrogen and oxygen atoms in total. The van der Waals surface area contributed by atoms with E-state index in [9.17, 15) is 19.2 Å². The van der Waals surface area contributed by atoms with Gasteiger partial charge < -0.3 is 21.3 Å². The van der Waals surface area contributed by atoms with E-state index in [4.69, 9.17) is 11.6 Å². The highest BCUT2D eigenvalue weighted by Crippen LogP contribution is 2.27. The lowest BCUT2D eigenvalue weighted by atomic mass is 10.0. The van der Waals surface area contributed by atoms with Crippen LogP contribution in [0.3, 0.4) is 0 Å². The molecule has 1 unspecified atom stereocenters. The second kappa shape index (κ2) is 15.6. The van der Waals surface area contributed by atoms with Crippen LogP contribution in [0, 0.1) is 5.92 Å². The number of ketones is 1. The maximum Gasteiger partial charge on any atom is 0.315 e. The summed E-state index contributed by atoms with van der Waals surface area (Å²) in [5, 5.41) is 11.4. The van der Waals surface area contributed by atoms with Crippen molar-refractivity contribution >= 4 is 35.2 Å². The maximum atomic E-state index is 13.1. The zero-order chi connectivity index (χ0) is 29.8. The van der Waals surface area contributed by atoms with Gasteiger partial charge in [0.1, 0.15) is 6.04 Å². The third-order valence-corrected chi connectivity index (χ3v) is 6.81. The fraction of sp³-hybridized carbons (Fsp3) is 0.312. The number of nitrogens with one attached hydrogen (secondary N) is 4. The van der Waals surface area contributed by atoms with E-state index < -0.39 is 35.7 Å². The molecule has 4 N–H and O–H groups in total. The Hall–Kier alpha value is -4.17. The highest BCUT2D eigenvalue weighted by Gasteiger charge is 2.29. The van der Waals surface area contributed by atoms with Gasteiger partial charge in [0.05, 0.1) is 6.04 Å². The highest BCUT2D eigenvalue weighted by atomic mass is 35.5. The highest BCUT2D eigenvalue weighted by molar-refractivity contribution is 6.38. The molecule has 4 amide bonds. The van der Waals surface area contributed by atoms with Gasteiger partial charge in [-0.3, -0.25) is 14.4 Å². The van der Waals surface area contributed by atoms with Gasteiger partial charge in [-0.1, -0.05) is 105 Å². The van der Waals surface area contributed by atoms with Crippen LogP contribution in [0.4, 0.5) is 4.79 Å². The van der Waals surface area contributed by atoms with Crippen LogP contribution < -0.4 is 21.3 Å². The summed E-state index contributed by atoms with van der Waals surface area (Å²) in [4.78, 5) is 51.2. The average Bonchev–Trinajstić information content (AvgIpc) is 2.97. The smallest absolute Gasteiger partial charge is 0.315 e. The monoisotopic (exact) mass is 576 g/mol. The van der Waals surface area contributed by atoms with E-state index >= 15 is 0 Å². The molecule has 0 saturated carbocycles. The molecular weight excluding hydrogens is 540 g/mol. The van der Waals surface area contributed by atoms with Crippen LogP contribution in [0.2, 0.25) is 5.02 Å². The Balaban J connectivity index is 1.54. The molecule has 3 rings (SSSR count). The summed E-state index contributed by atoms with van der Waals surface area (Å²) in [5.74, 6) is -1.95. The number of urea groups is 1. The van der Waals surface area contributed by atoms with Gasteiger partial charge in [0.15, 0.2) is 0 Å². The molecule has 0 bridgehead atoms. The molecule has 0 aliphatic carbocycles. The first-order valence-electron chi connectivity index (χ1n) is 13.7. The van der Waals surface area contributed by atoms with Crippen molar-refractivity contribution in [3.63, 3.8) is 0 Å². The minimum atomic E-state index is -1.02. The molecule has 216 valence electrons. The molecule has 0 aliphatic rings. The van der Waals surface area contributed by atoms with Crippen molar-refractivity contribution in [3.05, 3.63) is 95.0 Å². The Labute approximate surface area is 246 Å². The second-order valence-corrected chi connectivity index (χ2v) is 10.6. The molecule has 2 atom stereocenters. The van der Waals surface area contributed by atoms with Gasteiger partial charge >= 0.3 is 6.03 Å². The van der Waals surface area contributed by atoms with E-state index in [0.29, 0.717) is 18.0 Å². The Kier molecular flexibility index (Phi) is 11.9. The van der Waals surface area contributed by atoms with Gasteiger partial charge in [-0.25, -0.2) is 4.79 Å². The molecule has 0 aromatic heterocycles. The summed E-state index contributed by atoms with van der Waals surface area (Å²) in [5.41, 5.74) is 3.57. The van der Waals surface area contributed by atoms with Crippen molar-refractivity contribution in [1.29, 1.82) is 0 Å². The Bertz CT molecular complexity index is 1330. The first kappa shape index (κ1) is 31.4. The lowest BCUT2D eigenvalue weighted by Crippen LogP contribution is -2.55. The summed E-state index contributed by atoms with van der Waals surface area (Å²) in [6.07, 6.45) is 0.588. The number of amides is 4. The normalized spacial score (nSPS) is 12.2. The zero-order valence-corrected chi connectivity index (χ0v) is 24.3. The van der Waals surface area contributed by atoms with Crippen LogP contribution in [-0.4, -0.2) is 35.7 Å². The summed E-state index contributed by atoms with van der Waals surface area (Å²) >= 11 is 6.27. The van der Waals surface area contributed by atoms with Crippen LogP contribution in [0.25, 0.3) is 11.1 Å². The molecule has 3 aromatic rings. The first-order chi connectivity index (χ1) is 19.7. The molecule has 0 fully saturated rings. The maximum absolute atomic E-state index is 13.1. The minimum absolute atomic E-state index is 0.101. The summed E-state index contributed by atoms with van der Waals surface area (Å²) in [6.45, 7) is 6.03. The van der Waals surface area contributed by atoms with E-state index in [2.05, 4.69) is 21.3 Å². The Morgan fingerprint density at radius 3 is 1.98 bits per heavy atom. The SMILES string of the molecule is CCC(NC(=O)[C@H](CC(C)C)NC(=O)NCc1ccccc1)C(=O)C(=O)NCc1ccc(-c2ccccc2Cl)cc1. The average molecular weight is 577 g/mol. The van der Waals surface area contributed by atoms with Crippen LogP contribution in [0.1, 0.15) is 44.7 Å². The van der Waals surface area contributed by atoms with E-state index in [1.54, 1.807) is 6.92 Å². The molecule has 0 saturated heterocycles. The van der Waals surface area contributed by atoms with Gasteiger partial charge in [0, 0.05) is 23.7 Å². The van der Waals surface area contributed by atoms with Gasteiger partial charge in [-0.2, -0.15) is 0 Å². The van der Waals surface area contributed by atoms with E-state index in [-0.39, 0.29) is 18.9 Å². The molecular formula is C32H37ClN4O4. The van der Waals surface area contributed by atoms with Gasteiger partial charge in [-0.15, -0.1) is 0 Å². The van der Waals surface area contributed by atoms with Crippen molar-refractivity contribution in [2.45, 2.75) is 58.8 Å². The molecule has 3 aromatic carbocycles. The largest absolute Gasteiger partial charge is 0.345 e. The van der Waals surface area contributed by atoms with Crippen molar-refractivity contribution in [2.24, 2.45) is 5.92 Å². The van der Waals surface area contributed by atoms with E-state index in [1.165, 1.54) is 0 Å². The van der Waals surface area contributed by atoms with Gasteiger partial charge in [-0.05, 0) is 41.5 Å². The predicted octanol–water partition coefficient (Wildman–Crippen LogP) is 5.00. The number of halogens is 1. The number of carbonyl (C=O) groups is 4. The molecule has 0 radical (unpaired) electrons. The first-order valence-corrected chi connectivity index (χ1v) is 14.1. The van der Waals surface area contributed by atoms with Crippen molar-refractivity contribution in [2.75, 3.05) is 0 Å². The van der Waals surface area contributed by atoms with Gasteiger partial charge in [0.25, 0.3) is 5.91 Å². The predicted molar refractivity (Wildman–Crippen MR) is 161 cm³/mol. The van der Waals surface area contributed by atoms with Crippen LogP contribution >= 0.6 is 11.6 Å². The number of rotatable bonds is 13. The van der Waals surface area contributed by atoms with Crippen LogP contribution in [-0.2, 0) is 27.5 Å². The molecule has 41 heavy (non-hydrogen) atoms. The molecule has 0 spiro atoms. The second-order valence-electron chi connectivity index (χ2n) is 10.2. The fourth-order valence-corrected chi connectivity index (χ4v) is 4.49. The number of carbonyl (C=O) groups excluding carboxylic acids is 4. The van der Waals surface area contributed by atoms with Crippen LogP contribution in [0.5, 0.6) is 0 Å². The molecule has 0 aliphatic heterocycles. The fourth-order valence-electron chi connectivity index (χ4n) is 4.24. The summed E-state index contributed by atoms with van der Waals surface area (Å²) in [7, 11) is 0. The number of hydrogen-bond donors (Lipinski definition) is 4. The lowest BCUT2D eigenvalue weighted by molar-refractivity contribution is -0.140. The topological polar surface area (TPSA) is 116 Å². The standard InChI is InChI=1S/C32H37ClN4O4/c1-4-27(36-30(39)28(18-21(2)3)37-32(41)35-20-22-10-6-5-7-11-22)29(38)31(40)34-19-23-14-16-24(17-15-23)25-12-8-9-13-26(25)33/h5-17,21,27-28H,4,18-20H2,1-3H3,(H,34,40)(H,36,39)(H2,35,37,41)/t27?,28-/m0/s1. The Morgan fingerprint density at radius 2 is 1.34 bits per heavy atom. The van der Waals surface area contributed by atoms with Gasteiger partial charge in [0.2, 0.25) is 11.7 Å². The van der Waals surface area contributed by atoms with Crippen molar-refractivity contribution < 1.29 is 19.2 Å².